The van der Waals surface area contributed by atoms with Gasteiger partial charge in [0, 0.05) is 53.9 Å². The van der Waals surface area contributed by atoms with Crippen molar-refractivity contribution in [2.75, 3.05) is 4.90 Å². The molecule has 0 radical (unpaired) electrons. The Labute approximate surface area is 451 Å². The number of hydrogen-bond donors (Lipinski definition) is 0. The van der Waals surface area contributed by atoms with Gasteiger partial charge in [-0.15, -0.1) is 0 Å². The zero-order valence-electron chi connectivity index (χ0n) is 48.2. The van der Waals surface area contributed by atoms with Gasteiger partial charge in [0.05, 0.1) is 27.8 Å². The minimum Gasteiger partial charge on any atom is -0.457 e. The van der Waals surface area contributed by atoms with Crippen molar-refractivity contribution in [3.63, 3.8) is 0 Å². The summed E-state index contributed by atoms with van der Waals surface area (Å²) in [5.74, 6) is 2.37. The van der Waals surface area contributed by atoms with E-state index in [1.165, 1.54) is 27.1 Å². The van der Waals surface area contributed by atoms with Crippen LogP contribution < -0.4 is 9.64 Å². The van der Waals surface area contributed by atoms with E-state index in [1.807, 2.05) is 27.0 Å². The highest BCUT2D eigenvalue weighted by Crippen LogP contribution is 2.47. The van der Waals surface area contributed by atoms with Crippen LogP contribution in [0.2, 0.25) is 0 Å². The van der Waals surface area contributed by atoms with E-state index in [2.05, 4.69) is 252 Å². The summed E-state index contributed by atoms with van der Waals surface area (Å²) in [7, 11) is 0. The molecule has 0 unspecified atom stereocenters. The minimum absolute atomic E-state index is 0.0426. The smallest absolute Gasteiger partial charge is 0.137 e. The van der Waals surface area contributed by atoms with E-state index in [-0.39, 0.29) is 16.2 Å². The number of anilines is 2. The summed E-state index contributed by atoms with van der Waals surface area (Å²) in [5.41, 5.74) is 11.5. The van der Waals surface area contributed by atoms with Gasteiger partial charge in [-0.1, -0.05) is 198 Å². The van der Waals surface area contributed by atoms with Crippen molar-refractivity contribution in [2.24, 2.45) is 5.41 Å². The highest BCUT2D eigenvalue weighted by atomic mass is 16.5. The molecule has 0 spiro atoms. The van der Waals surface area contributed by atoms with Crippen molar-refractivity contribution < 1.29 is 7.48 Å². The van der Waals surface area contributed by atoms with Gasteiger partial charge in [0.1, 0.15) is 24.0 Å². The molecule has 5 heteroatoms. The number of aromatic nitrogens is 3. The van der Waals surface area contributed by atoms with Crippen LogP contribution in [0.15, 0.2) is 182 Å². The van der Waals surface area contributed by atoms with Gasteiger partial charge >= 0.3 is 0 Å². The first-order valence-corrected chi connectivity index (χ1v) is 27.0. The number of rotatable bonds is 6. The summed E-state index contributed by atoms with van der Waals surface area (Å²) >= 11 is 0. The van der Waals surface area contributed by atoms with Crippen LogP contribution in [0.4, 0.5) is 11.4 Å². The van der Waals surface area contributed by atoms with Gasteiger partial charge in [-0.2, -0.15) is 0 Å². The van der Waals surface area contributed by atoms with Gasteiger partial charge < -0.3 is 14.2 Å². The second-order valence-corrected chi connectivity index (χ2v) is 25.1. The van der Waals surface area contributed by atoms with Gasteiger partial charge in [0.25, 0.3) is 0 Å². The maximum Gasteiger partial charge on any atom is 0.137 e. The van der Waals surface area contributed by atoms with E-state index in [4.69, 9.17) is 9.72 Å². The maximum absolute atomic E-state index is 9.65. The van der Waals surface area contributed by atoms with Crippen molar-refractivity contribution in [3.8, 4) is 28.4 Å². The third-order valence-corrected chi connectivity index (χ3v) is 15.3. The summed E-state index contributed by atoms with van der Waals surface area (Å²) in [6, 6.07) is 63.8. The van der Waals surface area contributed by atoms with Crippen LogP contribution in [0, 0.1) is 5.41 Å². The first-order valence-electron chi connectivity index (χ1n) is 28.0. The predicted octanol–water partition coefficient (Wildman–Crippen LogP) is 19.8. The number of para-hydroxylation sites is 3. The Hall–Kier alpha value is -7.89. The van der Waals surface area contributed by atoms with Crippen LogP contribution in [-0.4, -0.2) is 14.1 Å². The molecule has 12 rings (SSSR count). The largest absolute Gasteiger partial charge is 0.457 e. The Morgan fingerprint density at radius 2 is 1.05 bits per heavy atom. The topological polar surface area (TPSA) is 35.2 Å². The monoisotopic (exact) mass is 997 g/mol. The summed E-state index contributed by atoms with van der Waals surface area (Å²) in [6.07, 6.45) is 0.314. The number of ether oxygens (including phenoxy) is 1. The Morgan fingerprint density at radius 1 is 0.474 bits per heavy atom. The van der Waals surface area contributed by atoms with Crippen LogP contribution in [0.25, 0.3) is 82.1 Å². The van der Waals surface area contributed by atoms with E-state index < -0.39 is 11.8 Å². The van der Waals surface area contributed by atoms with Gasteiger partial charge in [-0.25, -0.2) is 4.98 Å². The van der Waals surface area contributed by atoms with E-state index in [0.29, 0.717) is 12.2 Å². The van der Waals surface area contributed by atoms with Gasteiger partial charge in [-0.3, -0.25) is 4.57 Å². The lowest BCUT2D eigenvalue weighted by molar-refractivity contribution is 0.411. The number of hydrogen-bond acceptors (Lipinski definition) is 3. The standard InChI is InChI=1S/C71H70N4O/c1-68(2,3)43-45-35-46(37-48(36-45)70(7,8)9)53-26-19-27-60-56-23-15-13-21-54(56)55-22-14-16-24-57(55)61-28-20-30-63-67(61)74(66(53)60)44-73(63)50-38-49(71(10,11)12)39-52(41-50)76-51-31-32-59-58-25-17-18-29-62(58)75(64(59)42-51)65-40-47(33-34-72-65)69(4,5)6/h13-42H,43-44H2,1-12H3/i43D2. The summed E-state index contributed by atoms with van der Waals surface area (Å²) < 4.78 is 31.2. The Balaban J connectivity index is 1.10. The average Bonchev–Trinajstić information content (AvgIpc) is 4.20. The highest BCUT2D eigenvalue weighted by Gasteiger charge is 2.29. The fourth-order valence-corrected chi connectivity index (χ4v) is 11.5. The van der Waals surface area contributed by atoms with E-state index >= 15 is 0 Å². The SMILES string of the molecule is [2H]C([2H])(c1cc(-c2cccc3c4ccccc4c4ccccc4c4cccc5c4n(c23)CN5c2cc(Oc3ccc4c5ccccc5n(-c5cc(C(C)(C)C)ccn5)c4c3)cc(C(C)(C)C)c2)cc(C(C)(C)C)c1)C(C)(C)C. The molecule has 4 heterocycles. The summed E-state index contributed by atoms with van der Waals surface area (Å²) in [4.78, 5) is 7.42. The average molecular weight is 997 g/mol. The lowest BCUT2D eigenvalue weighted by Gasteiger charge is -2.26. The van der Waals surface area contributed by atoms with Crippen molar-refractivity contribution >= 4 is 76.5 Å². The zero-order valence-corrected chi connectivity index (χ0v) is 46.2. The molecule has 380 valence electrons. The van der Waals surface area contributed by atoms with E-state index in [0.717, 1.165) is 94.6 Å². The van der Waals surface area contributed by atoms with Crippen LogP contribution in [-0.2, 0) is 29.3 Å². The van der Waals surface area contributed by atoms with Gasteiger partial charge in [0.15, 0.2) is 0 Å². The fraction of sp³-hybridized carbons (Fsp3) is 0.254. The molecule has 0 bridgehead atoms. The van der Waals surface area contributed by atoms with Crippen LogP contribution in [0.5, 0.6) is 11.5 Å². The predicted molar refractivity (Wildman–Crippen MR) is 324 cm³/mol. The molecule has 0 N–H and O–H groups in total. The molecule has 5 nitrogen and oxygen atoms in total. The third-order valence-electron chi connectivity index (χ3n) is 15.3. The normalized spacial score (nSPS) is 13.8. The van der Waals surface area contributed by atoms with Gasteiger partial charge in [-0.05, 0) is 126 Å². The van der Waals surface area contributed by atoms with Crippen LogP contribution in [0.1, 0.15) is 108 Å². The lowest BCUT2D eigenvalue weighted by atomic mass is 9.81. The molecule has 0 aliphatic carbocycles. The lowest BCUT2D eigenvalue weighted by Crippen LogP contribution is -2.17. The van der Waals surface area contributed by atoms with Gasteiger partial charge in [0.2, 0.25) is 0 Å². The van der Waals surface area contributed by atoms with Crippen molar-refractivity contribution in [3.05, 3.63) is 204 Å². The first-order chi connectivity index (χ1) is 37.0. The second-order valence-electron chi connectivity index (χ2n) is 25.1. The summed E-state index contributed by atoms with van der Waals surface area (Å²) in [6.45, 7) is 26.7. The molecule has 0 amide bonds. The third kappa shape index (κ3) is 8.74. The molecule has 3 aromatic heterocycles. The first kappa shape index (κ1) is 46.6. The molecule has 76 heavy (non-hydrogen) atoms. The molecule has 1 aliphatic heterocycles. The van der Waals surface area contributed by atoms with E-state index in [1.54, 1.807) is 0 Å². The molecule has 8 aromatic carbocycles. The molecule has 1 aliphatic rings. The summed E-state index contributed by atoms with van der Waals surface area (Å²) in [5, 5.41) is 9.22. The molecule has 0 fully saturated rings. The van der Waals surface area contributed by atoms with Crippen molar-refractivity contribution in [2.45, 2.75) is 112 Å². The number of pyridine rings is 1. The fourth-order valence-electron chi connectivity index (χ4n) is 11.5. The molecular formula is C71H70N4O. The van der Waals surface area contributed by atoms with Crippen molar-refractivity contribution in [1.29, 1.82) is 0 Å². The molecule has 0 saturated carbocycles. The minimum atomic E-state index is -1.61. The zero-order chi connectivity index (χ0) is 54.8. The van der Waals surface area contributed by atoms with Crippen LogP contribution >= 0.6 is 0 Å². The number of nitrogens with zero attached hydrogens (tertiary/aromatic N) is 4. The van der Waals surface area contributed by atoms with Crippen LogP contribution in [0.3, 0.4) is 0 Å². The molecule has 0 atom stereocenters. The number of benzene rings is 8. The molecular weight excluding hydrogens is 925 g/mol. The van der Waals surface area contributed by atoms with Crippen molar-refractivity contribution in [1.82, 2.24) is 14.1 Å². The second kappa shape index (κ2) is 17.9. The highest BCUT2D eigenvalue weighted by molar-refractivity contribution is 6.22. The Morgan fingerprint density at radius 3 is 1.71 bits per heavy atom. The Kier molecular flexibility index (Phi) is 11.0. The molecule has 11 aromatic rings. The maximum atomic E-state index is 9.65. The molecule has 0 saturated heterocycles. The Bertz CT molecular complexity index is 4300. The number of fused-ring (bicyclic) bond motifs is 10. The quantitative estimate of drug-likeness (QED) is 0.167. The van der Waals surface area contributed by atoms with E-state index in [9.17, 15) is 2.74 Å².